The van der Waals surface area contributed by atoms with Crippen molar-refractivity contribution in [3.05, 3.63) is 47.2 Å². The number of nitrogens with zero attached hydrogens (tertiary/aromatic N) is 1. The van der Waals surface area contributed by atoms with Crippen molar-refractivity contribution in [1.82, 2.24) is 15.5 Å². The number of nitrogens with one attached hydrogen (secondary N) is 2. The van der Waals surface area contributed by atoms with Crippen LogP contribution in [0.5, 0.6) is 0 Å². The van der Waals surface area contributed by atoms with Gasteiger partial charge in [-0.1, -0.05) is 31.6 Å². The zero-order valence-corrected chi connectivity index (χ0v) is 17.5. The number of allylic oxidation sites excluding steroid dienone is 1. The average molecular weight is 410 g/mol. The van der Waals surface area contributed by atoms with Crippen LogP contribution in [0.3, 0.4) is 0 Å². The molecule has 1 aromatic rings. The van der Waals surface area contributed by atoms with Crippen molar-refractivity contribution >= 4 is 11.8 Å². The summed E-state index contributed by atoms with van der Waals surface area (Å²) in [6.07, 6.45) is 7.49. The van der Waals surface area contributed by atoms with Crippen LogP contribution in [-0.4, -0.2) is 48.1 Å². The standard InChI is InChI=1S/C24H31N3O3/c1-15-6-9-22(23(28)25-15)27-12-18-11-16(7-8-20(18)24(27)29)10-17-4-2-3-5-21(17)26-19-13-30-14-19/h7-8,11,17,19,21-22,26H,1-6,9-10,12-14H2,(H,25,28)/t17-,21+,22?/m1/s1. The molecular weight excluding hydrogens is 378 g/mol. The van der Waals surface area contributed by atoms with Gasteiger partial charge in [0, 0.05) is 23.8 Å². The van der Waals surface area contributed by atoms with Gasteiger partial charge in [0.25, 0.3) is 5.91 Å². The van der Waals surface area contributed by atoms with Crippen molar-refractivity contribution < 1.29 is 14.3 Å². The van der Waals surface area contributed by atoms with Crippen LogP contribution in [0, 0.1) is 5.92 Å². The van der Waals surface area contributed by atoms with Gasteiger partial charge >= 0.3 is 0 Å². The molecule has 0 aromatic heterocycles. The molecule has 5 rings (SSSR count). The van der Waals surface area contributed by atoms with Gasteiger partial charge in [-0.05, 0) is 55.2 Å². The number of piperidine rings is 1. The number of carbonyl (C=O) groups excluding carboxylic acids is 2. The zero-order chi connectivity index (χ0) is 20.7. The molecule has 2 N–H and O–H groups in total. The number of carbonyl (C=O) groups is 2. The van der Waals surface area contributed by atoms with E-state index in [1.807, 2.05) is 6.07 Å². The second-order valence-corrected chi connectivity index (χ2v) is 9.33. The maximum absolute atomic E-state index is 12.9. The van der Waals surface area contributed by atoms with E-state index in [-0.39, 0.29) is 11.8 Å². The van der Waals surface area contributed by atoms with Crippen molar-refractivity contribution in [2.24, 2.45) is 5.92 Å². The first kappa shape index (κ1) is 19.8. The highest BCUT2D eigenvalue weighted by atomic mass is 16.5. The highest BCUT2D eigenvalue weighted by Gasteiger charge is 2.38. The maximum Gasteiger partial charge on any atom is 0.255 e. The van der Waals surface area contributed by atoms with Crippen LogP contribution in [0.25, 0.3) is 0 Å². The van der Waals surface area contributed by atoms with Crippen LogP contribution in [0.15, 0.2) is 30.5 Å². The van der Waals surface area contributed by atoms with Gasteiger partial charge in [0.1, 0.15) is 6.04 Å². The molecule has 0 radical (unpaired) electrons. The summed E-state index contributed by atoms with van der Waals surface area (Å²) in [5, 5.41) is 6.61. The maximum atomic E-state index is 12.9. The Hall–Kier alpha value is -2.18. The number of hydrogen-bond acceptors (Lipinski definition) is 4. The molecule has 1 saturated carbocycles. The minimum absolute atomic E-state index is 0.0218. The predicted molar refractivity (Wildman–Crippen MR) is 114 cm³/mol. The number of ether oxygens (including phenoxy) is 1. The summed E-state index contributed by atoms with van der Waals surface area (Å²) in [5.74, 6) is 0.496. The van der Waals surface area contributed by atoms with Gasteiger partial charge in [-0.3, -0.25) is 9.59 Å². The van der Waals surface area contributed by atoms with Crippen molar-refractivity contribution in [3.63, 3.8) is 0 Å². The fourth-order valence-corrected chi connectivity index (χ4v) is 5.44. The molecule has 6 nitrogen and oxygen atoms in total. The molecule has 1 aromatic carbocycles. The molecule has 160 valence electrons. The fourth-order valence-electron chi connectivity index (χ4n) is 5.44. The lowest BCUT2D eigenvalue weighted by atomic mass is 9.80. The molecule has 4 aliphatic rings. The van der Waals surface area contributed by atoms with E-state index < -0.39 is 6.04 Å². The van der Waals surface area contributed by atoms with Crippen LogP contribution in [0.1, 0.15) is 60.0 Å². The third-order valence-electron chi connectivity index (χ3n) is 7.19. The number of hydrogen-bond donors (Lipinski definition) is 2. The topological polar surface area (TPSA) is 70.7 Å². The van der Waals surface area contributed by atoms with E-state index >= 15 is 0 Å². The van der Waals surface area contributed by atoms with Crippen molar-refractivity contribution in [3.8, 4) is 0 Å². The van der Waals surface area contributed by atoms with E-state index in [0.717, 1.165) is 42.9 Å². The lowest BCUT2D eigenvalue weighted by molar-refractivity contribution is -0.126. The Bertz CT molecular complexity index is 863. The Morgan fingerprint density at radius 1 is 1.17 bits per heavy atom. The summed E-state index contributed by atoms with van der Waals surface area (Å²) < 4.78 is 5.33. The molecular formula is C24H31N3O3. The van der Waals surface area contributed by atoms with Crippen molar-refractivity contribution in [1.29, 1.82) is 0 Å². The minimum atomic E-state index is -0.393. The summed E-state index contributed by atoms with van der Waals surface area (Å²) in [4.78, 5) is 27.1. The van der Waals surface area contributed by atoms with Gasteiger partial charge in [-0.2, -0.15) is 0 Å². The third kappa shape index (κ3) is 3.79. The Kier molecular flexibility index (Phi) is 5.37. The zero-order valence-electron chi connectivity index (χ0n) is 17.5. The second kappa shape index (κ2) is 8.16. The average Bonchev–Trinajstić information content (AvgIpc) is 3.02. The molecule has 30 heavy (non-hydrogen) atoms. The Morgan fingerprint density at radius 2 is 2.00 bits per heavy atom. The molecule has 6 heteroatoms. The van der Waals surface area contributed by atoms with Gasteiger partial charge in [-0.15, -0.1) is 0 Å². The molecule has 1 aliphatic carbocycles. The molecule has 2 amide bonds. The quantitative estimate of drug-likeness (QED) is 0.784. The number of rotatable bonds is 5. The van der Waals surface area contributed by atoms with E-state index in [2.05, 4.69) is 29.3 Å². The third-order valence-corrected chi connectivity index (χ3v) is 7.19. The minimum Gasteiger partial charge on any atom is -0.378 e. The van der Waals surface area contributed by atoms with Gasteiger partial charge in [0.15, 0.2) is 0 Å². The highest BCUT2D eigenvalue weighted by molar-refractivity contribution is 6.01. The number of benzene rings is 1. The lowest BCUT2D eigenvalue weighted by Crippen LogP contribution is -2.53. The predicted octanol–water partition coefficient (Wildman–Crippen LogP) is 2.52. The molecule has 3 atom stereocenters. The number of fused-ring (bicyclic) bond motifs is 1. The Labute approximate surface area is 178 Å². The van der Waals surface area contributed by atoms with E-state index in [0.29, 0.717) is 31.0 Å². The van der Waals surface area contributed by atoms with Crippen LogP contribution >= 0.6 is 0 Å². The smallest absolute Gasteiger partial charge is 0.255 e. The molecule has 0 spiro atoms. The molecule has 3 heterocycles. The van der Waals surface area contributed by atoms with Crippen molar-refractivity contribution in [2.75, 3.05) is 13.2 Å². The monoisotopic (exact) mass is 409 g/mol. The van der Waals surface area contributed by atoms with E-state index in [1.54, 1.807) is 4.90 Å². The normalized spacial score (nSPS) is 29.5. The molecule has 2 saturated heterocycles. The molecule has 3 fully saturated rings. The van der Waals surface area contributed by atoms with Gasteiger partial charge < -0.3 is 20.3 Å². The molecule has 3 aliphatic heterocycles. The first-order valence-corrected chi connectivity index (χ1v) is 11.3. The summed E-state index contributed by atoms with van der Waals surface area (Å²) in [5.41, 5.74) is 3.85. The van der Waals surface area contributed by atoms with Crippen LogP contribution in [0.2, 0.25) is 0 Å². The summed E-state index contributed by atoms with van der Waals surface area (Å²) in [7, 11) is 0. The largest absolute Gasteiger partial charge is 0.378 e. The first-order valence-electron chi connectivity index (χ1n) is 11.3. The molecule has 1 unspecified atom stereocenters. The van der Waals surface area contributed by atoms with Crippen LogP contribution in [0.4, 0.5) is 0 Å². The molecule has 0 bridgehead atoms. The van der Waals surface area contributed by atoms with Gasteiger partial charge in [0.05, 0.1) is 19.3 Å². The van der Waals surface area contributed by atoms with E-state index in [4.69, 9.17) is 4.74 Å². The Morgan fingerprint density at radius 3 is 2.77 bits per heavy atom. The summed E-state index contributed by atoms with van der Waals surface area (Å²) >= 11 is 0. The fraction of sp³-hybridized carbons (Fsp3) is 0.583. The Balaban J connectivity index is 1.28. The summed E-state index contributed by atoms with van der Waals surface area (Å²) in [6.45, 7) is 6.03. The highest BCUT2D eigenvalue weighted by Crippen LogP contribution is 2.32. The van der Waals surface area contributed by atoms with Gasteiger partial charge in [0.2, 0.25) is 5.91 Å². The van der Waals surface area contributed by atoms with E-state index in [1.165, 1.54) is 31.2 Å². The number of amides is 2. The van der Waals surface area contributed by atoms with Gasteiger partial charge in [-0.25, -0.2) is 0 Å². The lowest BCUT2D eigenvalue weighted by Gasteiger charge is -2.38. The second-order valence-electron chi connectivity index (χ2n) is 9.33. The van der Waals surface area contributed by atoms with Crippen LogP contribution < -0.4 is 10.6 Å². The first-order chi connectivity index (χ1) is 14.6. The SMILES string of the molecule is C=C1CCC(N2Cc3cc(C[C@H]4CCCC[C@@H]4NC4COC4)ccc3C2=O)C(=O)N1. The van der Waals surface area contributed by atoms with E-state index in [9.17, 15) is 9.59 Å². The van der Waals surface area contributed by atoms with Crippen LogP contribution in [-0.2, 0) is 22.5 Å². The van der Waals surface area contributed by atoms with Crippen molar-refractivity contribution in [2.45, 2.75) is 69.6 Å². The summed E-state index contributed by atoms with van der Waals surface area (Å²) in [6, 6.07) is 6.96.